The van der Waals surface area contributed by atoms with Gasteiger partial charge >= 0.3 is 11.9 Å². The molecule has 1 aromatic carbocycles. The number of carbonyl (C=O) groups is 2. The van der Waals surface area contributed by atoms with E-state index >= 15 is 0 Å². The summed E-state index contributed by atoms with van der Waals surface area (Å²) in [7, 11) is 0. The van der Waals surface area contributed by atoms with Crippen LogP contribution in [0.3, 0.4) is 0 Å². The minimum atomic E-state index is -0.900. The first kappa shape index (κ1) is 14.8. The summed E-state index contributed by atoms with van der Waals surface area (Å²) in [5.74, 6) is -0.817. The zero-order valence-corrected chi connectivity index (χ0v) is 11.9. The first-order valence-electron chi connectivity index (χ1n) is 4.66. The smallest absolute Gasteiger partial charge is 0.311 e. The van der Waals surface area contributed by atoms with Gasteiger partial charge in [-0.3, -0.25) is 9.59 Å². The number of rotatable bonds is 5. The van der Waals surface area contributed by atoms with E-state index in [2.05, 4.69) is 0 Å². The molecule has 1 aromatic rings. The molecule has 0 aliphatic rings. The number of esters is 1. The molecule has 0 spiro atoms. The molecular formula is C11H12O4Zn. The second-order valence-corrected chi connectivity index (χ2v) is 3.03. The minimum absolute atomic E-state index is 0. The van der Waals surface area contributed by atoms with Crippen LogP contribution in [0, 0.1) is 0 Å². The third-order valence-corrected chi connectivity index (χ3v) is 1.75. The van der Waals surface area contributed by atoms with Crippen molar-refractivity contribution in [1.29, 1.82) is 0 Å². The number of para-hydroxylation sites is 1. The van der Waals surface area contributed by atoms with Gasteiger partial charge in [-0.15, -0.1) is 0 Å². The van der Waals surface area contributed by atoms with Gasteiger partial charge in [-0.05, 0) is 18.6 Å². The maximum absolute atomic E-state index is 11.2. The van der Waals surface area contributed by atoms with Crippen LogP contribution < -0.4 is 4.74 Å². The number of hydrogen-bond donors (Lipinski definition) is 1. The number of benzene rings is 1. The van der Waals surface area contributed by atoms with Crippen molar-refractivity contribution in [2.75, 3.05) is 0 Å². The summed E-state index contributed by atoms with van der Waals surface area (Å²) < 4.78 is 4.96. The average molecular weight is 274 g/mol. The van der Waals surface area contributed by atoms with Crippen LogP contribution in [0.1, 0.15) is 19.3 Å². The molecule has 0 fully saturated rings. The zero-order chi connectivity index (χ0) is 11.1. The van der Waals surface area contributed by atoms with E-state index in [-0.39, 0.29) is 32.3 Å². The van der Waals surface area contributed by atoms with Gasteiger partial charge in [0.25, 0.3) is 0 Å². The van der Waals surface area contributed by atoms with Crippen molar-refractivity contribution in [1.82, 2.24) is 0 Å². The quantitative estimate of drug-likeness (QED) is 0.505. The summed E-state index contributed by atoms with van der Waals surface area (Å²) in [5.41, 5.74) is 0. The predicted molar refractivity (Wildman–Crippen MR) is 53.6 cm³/mol. The summed E-state index contributed by atoms with van der Waals surface area (Å²) in [6, 6.07) is 8.70. The Morgan fingerprint density at radius 3 is 2.31 bits per heavy atom. The Hall–Kier alpha value is -1.22. The van der Waals surface area contributed by atoms with Crippen molar-refractivity contribution >= 4 is 11.9 Å². The molecule has 0 radical (unpaired) electrons. The molecule has 16 heavy (non-hydrogen) atoms. The second kappa shape index (κ2) is 8.00. The number of carboxylic acid groups (broad SMARTS) is 1. The number of carbonyl (C=O) groups excluding carboxylic acids is 1. The zero-order valence-electron chi connectivity index (χ0n) is 8.89. The van der Waals surface area contributed by atoms with E-state index in [1.165, 1.54) is 0 Å². The third-order valence-electron chi connectivity index (χ3n) is 1.75. The van der Waals surface area contributed by atoms with Crippen molar-refractivity contribution in [3.8, 4) is 5.75 Å². The van der Waals surface area contributed by atoms with Crippen LogP contribution in [0.25, 0.3) is 0 Å². The van der Waals surface area contributed by atoms with Crippen LogP contribution in [-0.2, 0) is 29.1 Å². The van der Waals surface area contributed by atoms with Crippen LogP contribution >= 0.6 is 0 Å². The summed E-state index contributed by atoms with van der Waals surface area (Å²) in [5, 5.41) is 8.36. The topological polar surface area (TPSA) is 63.6 Å². The molecule has 0 bridgehead atoms. The summed E-state index contributed by atoms with van der Waals surface area (Å²) >= 11 is 0. The van der Waals surface area contributed by atoms with Gasteiger partial charge in [-0.25, -0.2) is 0 Å². The average Bonchev–Trinajstić information content (AvgIpc) is 2.18. The molecule has 0 saturated heterocycles. The van der Waals surface area contributed by atoms with Gasteiger partial charge in [0, 0.05) is 32.3 Å². The Balaban J connectivity index is 0.00000225. The molecule has 0 atom stereocenters. The largest absolute Gasteiger partial charge is 0.481 e. The maximum Gasteiger partial charge on any atom is 0.311 e. The van der Waals surface area contributed by atoms with Crippen LogP contribution in [0.15, 0.2) is 30.3 Å². The molecule has 0 heterocycles. The molecule has 4 nitrogen and oxygen atoms in total. The summed E-state index contributed by atoms with van der Waals surface area (Å²) in [4.78, 5) is 21.4. The first-order chi connectivity index (χ1) is 7.18. The number of aliphatic carboxylic acids is 1. The summed E-state index contributed by atoms with van der Waals surface area (Å²) in [6.07, 6.45) is 0.423. The Kier molecular flexibility index (Phi) is 7.39. The third kappa shape index (κ3) is 6.30. The van der Waals surface area contributed by atoms with Crippen molar-refractivity contribution in [3.05, 3.63) is 30.3 Å². The normalized spacial score (nSPS) is 9.00. The van der Waals surface area contributed by atoms with Crippen LogP contribution in [0.4, 0.5) is 0 Å². The Labute approximate surface area is 106 Å². The van der Waals surface area contributed by atoms with E-state index < -0.39 is 11.9 Å². The van der Waals surface area contributed by atoms with E-state index in [0.29, 0.717) is 12.2 Å². The van der Waals surface area contributed by atoms with Gasteiger partial charge in [0.1, 0.15) is 5.75 Å². The van der Waals surface area contributed by atoms with Crippen LogP contribution in [0.2, 0.25) is 0 Å². The van der Waals surface area contributed by atoms with Gasteiger partial charge in [0.05, 0.1) is 0 Å². The fourth-order valence-corrected chi connectivity index (χ4v) is 1.05. The van der Waals surface area contributed by atoms with Gasteiger partial charge in [0.15, 0.2) is 0 Å². The fraction of sp³-hybridized carbons (Fsp3) is 0.273. The molecule has 1 rings (SSSR count). The van der Waals surface area contributed by atoms with E-state index in [4.69, 9.17) is 9.84 Å². The molecule has 82 valence electrons. The summed E-state index contributed by atoms with van der Waals surface area (Å²) in [6.45, 7) is 0. The van der Waals surface area contributed by atoms with Gasteiger partial charge < -0.3 is 9.84 Å². The minimum Gasteiger partial charge on any atom is -0.481 e. The van der Waals surface area contributed by atoms with Crippen molar-refractivity contribution < 1.29 is 38.9 Å². The van der Waals surface area contributed by atoms with E-state index in [9.17, 15) is 9.59 Å². The Bertz CT molecular complexity index is 337. The Morgan fingerprint density at radius 2 is 1.75 bits per heavy atom. The molecule has 1 N–H and O–H groups in total. The maximum atomic E-state index is 11.2. The Morgan fingerprint density at radius 1 is 1.12 bits per heavy atom. The molecule has 0 saturated carbocycles. The number of ether oxygens (including phenoxy) is 1. The molecule has 0 aromatic heterocycles. The first-order valence-corrected chi connectivity index (χ1v) is 4.66. The standard InChI is InChI=1S/C11H12O4.Zn/c12-10(13)7-4-8-11(14)15-9-5-2-1-3-6-9;/h1-3,5-6H,4,7-8H2,(H,12,13);. The SMILES string of the molecule is O=C(O)CCCC(=O)Oc1ccccc1.[Zn]. The van der Waals surface area contributed by atoms with Gasteiger partial charge in [-0.1, -0.05) is 18.2 Å². The van der Waals surface area contributed by atoms with Crippen molar-refractivity contribution in [2.24, 2.45) is 0 Å². The molecule has 0 amide bonds. The van der Waals surface area contributed by atoms with Crippen LogP contribution in [0.5, 0.6) is 5.75 Å². The van der Waals surface area contributed by atoms with Crippen LogP contribution in [-0.4, -0.2) is 17.0 Å². The molecular weight excluding hydrogens is 262 g/mol. The van der Waals surface area contributed by atoms with Crippen molar-refractivity contribution in [2.45, 2.75) is 19.3 Å². The fourth-order valence-electron chi connectivity index (χ4n) is 1.05. The second-order valence-electron chi connectivity index (χ2n) is 3.03. The number of carboxylic acids is 1. The van der Waals surface area contributed by atoms with E-state index in [1.807, 2.05) is 6.07 Å². The predicted octanol–water partition coefficient (Wildman–Crippen LogP) is 1.84. The molecule has 5 heteroatoms. The number of hydrogen-bond acceptors (Lipinski definition) is 3. The van der Waals surface area contributed by atoms with Gasteiger partial charge in [0.2, 0.25) is 0 Å². The molecule has 0 aliphatic carbocycles. The molecule has 0 unspecified atom stereocenters. The van der Waals surface area contributed by atoms with Gasteiger partial charge in [-0.2, -0.15) is 0 Å². The van der Waals surface area contributed by atoms with E-state index in [0.717, 1.165) is 0 Å². The van der Waals surface area contributed by atoms with Crippen molar-refractivity contribution in [3.63, 3.8) is 0 Å². The van der Waals surface area contributed by atoms with E-state index in [1.54, 1.807) is 24.3 Å². The molecule has 0 aliphatic heterocycles. The monoisotopic (exact) mass is 272 g/mol.